The zero-order valence-corrected chi connectivity index (χ0v) is 34.9. The summed E-state index contributed by atoms with van der Waals surface area (Å²) in [5.41, 5.74) is 5.31. The van der Waals surface area contributed by atoms with E-state index in [4.69, 9.17) is 14.8 Å². The SMILES string of the molecule is Cc1cc(N=Nc2ccc(-n3nc4ccc5c(SOOO)cc(S(=O)(=O)O)cc5c4n3)cc2)cc(C)c1N=Nc1c(SOOO)cc2cc(NC(=O)c3ccccc3)ccc2c1O. The maximum absolute atomic E-state index is 12.7. The summed E-state index contributed by atoms with van der Waals surface area (Å²) in [4.78, 5) is 14.2. The molecule has 22 heteroatoms. The number of nitrogens with one attached hydrogen (secondary N) is 1. The average molecular weight is 907 g/mol. The summed E-state index contributed by atoms with van der Waals surface area (Å²) in [7, 11) is -4.61. The van der Waals surface area contributed by atoms with Gasteiger partial charge in [-0.2, -0.15) is 23.4 Å². The van der Waals surface area contributed by atoms with Crippen LogP contribution in [0.3, 0.4) is 0 Å². The van der Waals surface area contributed by atoms with E-state index < -0.39 is 15.0 Å². The van der Waals surface area contributed by atoms with Crippen molar-refractivity contribution in [3.63, 3.8) is 0 Å². The lowest BCUT2D eigenvalue weighted by atomic mass is 10.1. The summed E-state index contributed by atoms with van der Waals surface area (Å²) < 4.78 is 43.0. The Hall–Kier alpha value is -6.70. The summed E-state index contributed by atoms with van der Waals surface area (Å²) in [6, 6.07) is 31.5. The van der Waals surface area contributed by atoms with E-state index in [1.165, 1.54) is 16.9 Å². The van der Waals surface area contributed by atoms with E-state index in [-0.39, 0.29) is 27.1 Å². The minimum Gasteiger partial charge on any atom is -0.505 e. The molecule has 0 aliphatic rings. The van der Waals surface area contributed by atoms with Crippen molar-refractivity contribution < 1.29 is 52.1 Å². The van der Waals surface area contributed by atoms with E-state index in [0.29, 0.717) is 102 Å². The van der Waals surface area contributed by atoms with Gasteiger partial charge in [-0.3, -0.25) is 9.35 Å². The number of carbonyl (C=O) groups is 1. The number of anilines is 1. The molecule has 8 rings (SSSR count). The zero-order valence-electron chi connectivity index (χ0n) is 32.5. The fraction of sp³-hybridized carbons (Fsp3) is 0.0488. The molecule has 1 aromatic heterocycles. The van der Waals surface area contributed by atoms with Crippen molar-refractivity contribution in [3.8, 4) is 11.4 Å². The number of hydrogen-bond acceptors (Lipinski definition) is 18. The smallest absolute Gasteiger partial charge is 0.294 e. The topological polar surface area (TPSA) is 261 Å². The van der Waals surface area contributed by atoms with E-state index in [2.05, 4.69) is 50.4 Å². The summed E-state index contributed by atoms with van der Waals surface area (Å²) in [5.74, 6) is -0.525. The van der Waals surface area contributed by atoms with Crippen LogP contribution in [0, 0.1) is 13.8 Å². The number of aromatic hydroxyl groups is 1. The Morgan fingerprint density at radius 3 is 2.06 bits per heavy atom. The highest BCUT2D eigenvalue weighted by molar-refractivity contribution is 7.95. The molecule has 63 heavy (non-hydrogen) atoms. The second-order valence-electron chi connectivity index (χ2n) is 13.5. The Morgan fingerprint density at radius 2 is 1.37 bits per heavy atom. The van der Waals surface area contributed by atoms with E-state index in [1.54, 1.807) is 97.1 Å². The van der Waals surface area contributed by atoms with Gasteiger partial charge in [-0.1, -0.05) is 34.3 Å². The lowest BCUT2D eigenvalue weighted by Crippen LogP contribution is -2.11. The van der Waals surface area contributed by atoms with Crippen molar-refractivity contribution in [2.45, 2.75) is 28.5 Å². The van der Waals surface area contributed by atoms with Gasteiger partial charge in [-0.25, -0.2) is 10.5 Å². The van der Waals surface area contributed by atoms with Crippen LogP contribution in [0.25, 0.3) is 38.3 Å². The second-order valence-corrected chi connectivity index (χ2v) is 16.4. The molecule has 0 aliphatic heterocycles. The van der Waals surface area contributed by atoms with Crippen LogP contribution in [-0.2, 0) is 28.9 Å². The van der Waals surface area contributed by atoms with Crippen molar-refractivity contribution in [1.82, 2.24) is 15.0 Å². The first-order valence-electron chi connectivity index (χ1n) is 18.2. The van der Waals surface area contributed by atoms with Crippen LogP contribution in [0.4, 0.5) is 28.4 Å². The maximum atomic E-state index is 12.7. The molecule has 1 heterocycles. The molecular formula is C41H30N8O11S3. The van der Waals surface area contributed by atoms with Gasteiger partial charge < -0.3 is 10.4 Å². The first kappa shape index (κ1) is 43.0. The number of amides is 1. The molecule has 0 saturated carbocycles. The Balaban J connectivity index is 1.01. The number of hydrogen-bond donors (Lipinski definition) is 5. The van der Waals surface area contributed by atoms with Crippen LogP contribution in [0.5, 0.6) is 5.75 Å². The molecule has 5 N–H and O–H groups in total. The van der Waals surface area contributed by atoms with Gasteiger partial charge in [-0.15, -0.1) is 29.1 Å². The van der Waals surface area contributed by atoms with Gasteiger partial charge in [0.25, 0.3) is 16.0 Å². The number of benzene rings is 7. The number of fused-ring (bicyclic) bond motifs is 4. The Kier molecular flexibility index (Phi) is 12.5. The monoisotopic (exact) mass is 906 g/mol. The third kappa shape index (κ3) is 9.40. The van der Waals surface area contributed by atoms with Gasteiger partial charge in [0.15, 0.2) is 5.75 Å². The Bertz CT molecular complexity index is 3200. The van der Waals surface area contributed by atoms with Crippen molar-refractivity contribution in [2.75, 3.05) is 5.32 Å². The third-order valence-corrected chi connectivity index (χ3v) is 11.6. The number of carbonyl (C=O) groups excluding carboxylic acids is 1. The van der Waals surface area contributed by atoms with Crippen molar-refractivity contribution in [2.24, 2.45) is 20.5 Å². The molecule has 19 nitrogen and oxygen atoms in total. The molecule has 0 atom stereocenters. The number of azo groups is 2. The van der Waals surface area contributed by atoms with Crippen LogP contribution in [-0.4, -0.2) is 49.5 Å². The van der Waals surface area contributed by atoms with Gasteiger partial charge >= 0.3 is 0 Å². The van der Waals surface area contributed by atoms with Crippen LogP contribution in [0.15, 0.2) is 150 Å². The molecule has 0 spiro atoms. The number of rotatable bonds is 14. The van der Waals surface area contributed by atoms with Crippen LogP contribution in [0.2, 0.25) is 0 Å². The first-order chi connectivity index (χ1) is 30.4. The number of phenols is 1. The third-order valence-electron chi connectivity index (χ3n) is 9.46. The fourth-order valence-electron chi connectivity index (χ4n) is 6.59. The van der Waals surface area contributed by atoms with Crippen LogP contribution >= 0.6 is 24.1 Å². The molecule has 1 amide bonds. The lowest BCUT2D eigenvalue weighted by molar-refractivity contribution is -0.432. The van der Waals surface area contributed by atoms with E-state index in [1.807, 2.05) is 19.9 Å². The largest absolute Gasteiger partial charge is 0.505 e. The molecule has 318 valence electrons. The van der Waals surface area contributed by atoms with E-state index >= 15 is 0 Å². The molecule has 0 bridgehead atoms. The molecule has 0 radical (unpaired) electrons. The van der Waals surface area contributed by atoms with Crippen molar-refractivity contribution in [3.05, 3.63) is 132 Å². The lowest BCUT2D eigenvalue weighted by Gasteiger charge is -2.12. The highest BCUT2D eigenvalue weighted by Gasteiger charge is 2.20. The molecular weight excluding hydrogens is 877 g/mol. The van der Waals surface area contributed by atoms with E-state index in [9.17, 15) is 22.9 Å². The van der Waals surface area contributed by atoms with Gasteiger partial charge in [-0.05, 0) is 121 Å². The summed E-state index contributed by atoms with van der Waals surface area (Å²) in [5, 5.41) is 67.7. The molecule has 7 aromatic carbocycles. The number of phenolic OH excluding ortho intramolecular Hbond substituents is 1. The van der Waals surface area contributed by atoms with Gasteiger partial charge in [0.2, 0.25) is 0 Å². The first-order valence-corrected chi connectivity index (χ1v) is 21.1. The summed E-state index contributed by atoms with van der Waals surface area (Å²) in [6.45, 7) is 3.65. The fourth-order valence-corrected chi connectivity index (χ4v) is 8.24. The second kappa shape index (κ2) is 18.3. The van der Waals surface area contributed by atoms with Crippen molar-refractivity contribution in [1.29, 1.82) is 0 Å². The number of nitrogens with zero attached hydrogens (tertiary/aromatic N) is 7. The molecule has 0 aliphatic carbocycles. The van der Waals surface area contributed by atoms with E-state index in [0.717, 1.165) is 0 Å². The zero-order chi connectivity index (χ0) is 44.3. The van der Waals surface area contributed by atoms with Crippen LogP contribution < -0.4 is 5.32 Å². The normalized spacial score (nSPS) is 12.1. The van der Waals surface area contributed by atoms with Gasteiger partial charge in [0.05, 0.1) is 56.6 Å². The summed E-state index contributed by atoms with van der Waals surface area (Å²) >= 11 is 1.14. The van der Waals surface area contributed by atoms with Crippen molar-refractivity contribution >= 4 is 101 Å². The standard InChI is InChI=1S/C41H30N8O11S3/c1-22-16-28(44-43-26-8-11-29(12-9-26)49-47-34-15-14-32-33(38(34)48-49)20-30(63(54,55)56)21-35(32)61-59-57-52)17-23(2)37(22)45-46-39-36(62-60-58-53)19-25-18-27(10-13-31(25)40(39)50)42-41(51)24-6-4-3-5-7-24/h3-21,50,52-53H,1-2H3,(H,42,51)(H,54,55,56). The minimum absolute atomic E-state index is 0.0443. The van der Waals surface area contributed by atoms with Gasteiger partial charge in [0.1, 0.15) is 16.7 Å². The maximum Gasteiger partial charge on any atom is 0.294 e. The number of aromatic nitrogens is 3. The minimum atomic E-state index is -4.61. The van der Waals surface area contributed by atoms with Gasteiger partial charge in [0, 0.05) is 32.3 Å². The predicted molar refractivity (Wildman–Crippen MR) is 232 cm³/mol. The Labute approximate surface area is 364 Å². The highest BCUT2D eigenvalue weighted by Crippen LogP contribution is 2.45. The Morgan fingerprint density at radius 1 is 0.698 bits per heavy atom. The quantitative estimate of drug-likeness (QED) is 0.0223. The highest BCUT2D eigenvalue weighted by atomic mass is 32.2. The molecule has 0 saturated heterocycles. The molecule has 8 aromatic rings. The summed E-state index contributed by atoms with van der Waals surface area (Å²) in [6.07, 6.45) is 0. The predicted octanol–water partition coefficient (Wildman–Crippen LogP) is 11.2. The van der Waals surface area contributed by atoms with Crippen LogP contribution in [0.1, 0.15) is 21.5 Å². The number of aryl methyl sites for hydroxylation is 2. The molecule has 0 unspecified atom stereocenters. The average Bonchev–Trinajstić information content (AvgIpc) is 3.72. The molecule has 0 fully saturated rings.